The van der Waals surface area contributed by atoms with Crippen LogP contribution in [0.5, 0.6) is 0 Å². The average molecular weight is 264 g/mol. The number of aliphatic hydroxyl groups excluding tert-OH is 1. The Bertz CT molecular complexity index is 190. The highest BCUT2D eigenvalue weighted by molar-refractivity contribution is 9.09. The van der Waals surface area contributed by atoms with E-state index in [-0.39, 0.29) is 17.6 Å². The second-order valence-electron chi connectivity index (χ2n) is 5.55. The third kappa shape index (κ3) is 2.71. The monoisotopic (exact) mass is 263 g/mol. The maximum absolute atomic E-state index is 10.2. The predicted octanol–water partition coefficient (Wildman–Crippen LogP) is 2.15. The van der Waals surface area contributed by atoms with Crippen LogP contribution in [0.3, 0.4) is 0 Å². The van der Waals surface area contributed by atoms with Crippen LogP contribution in [0.1, 0.15) is 34.1 Å². The van der Waals surface area contributed by atoms with E-state index in [1.54, 1.807) is 0 Å². The van der Waals surface area contributed by atoms with Crippen LogP contribution >= 0.6 is 15.9 Å². The maximum atomic E-state index is 10.2. The van der Waals surface area contributed by atoms with Gasteiger partial charge in [-0.15, -0.1) is 0 Å². The molecule has 0 bridgehead atoms. The molecule has 2 N–H and O–H groups in total. The molecule has 84 valence electrons. The summed E-state index contributed by atoms with van der Waals surface area (Å²) in [5.74, 6) is 0.385. The van der Waals surface area contributed by atoms with E-state index in [0.29, 0.717) is 12.0 Å². The fourth-order valence-electron chi connectivity index (χ4n) is 2.26. The van der Waals surface area contributed by atoms with Crippen molar-refractivity contribution in [3.63, 3.8) is 0 Å². The molecule has 1 fully saturated rings. The average Bonchev–Trinajstić information content (AvgIpc) is 2.06. The molecule has 0 radical (unpaired) electrons. The minimum Gasteiger partial charge on any atom is -0.391 e. The normalized spacial score (nSPS) is 39.9. The maximum Gasteiger partial charge on any atom is 0.0735 e. The first-order valence-corrected chi connectivity index (χ1v) is 6.48. The van der Waals surface area contributed by atoms with Gasteiger partial charge in [-0.3, -0.25) is 0 Å². The van der Waals surface area contributed by atoms with Crippen molar-refractivity contribution in [2.45, 2.75) is 52.3 Å². The van der Waals surface area contributed by atoms with Gasteiger partial charge < -0.3 is 10.4 Å². The highest BCUT2D eigenvalue weighted by atomic mass is 79.9. The van der Waals surface area contributed by atoms with Crippen LogP contribution in [0.4, 0.5) is 0 Å². The molecule has 0 aliphatic carbocycles. The van der Waals surface area contributed by atoms with Gasteiger partial charge in [-0.05, 0) is 24.7 Å². The van der Waals surface area contributed by atoms with Gasteiger partial charge in [0.1, 0.15) is 0 Å². The van der Waals surface area contributed by atoms with Crippen LogP contribution in [0.25, 0.3) is 0 Å². The van der Waals surface area contributed by atoms with Gasteiger partial charge in [0.15, 0.2) is 0 Å². The lowest BCUT2D eigenvalue weighted by molar-refractivity contribution is -0.00332. The number of hydrogen-bond acceptors (Lipinski definition) is 2. The summed E-state index contributed by atoms with van der Waals surface area (Å²) in [7, 11) is 0. The molecular weight excluding hydrogens is 242 g/mol. The Morgan fingerprint density at radius 2 is 2.00 bits per heavy atom. The summed E-state index contributed by atoms with van der Waals surface area (Å²) >= 11 is 3.49. The van der Waals surface area contributed by atoms with Crippen LogP contribution in [0, 0.1) is 11.3 Å². The molecule has 0 spiro atoms. The molecule has 0 aromatic carbocycles. The summed E-state index contributed by atoms with van der Waals surface area (Å²) in [6, 6.07) is 0.707. The van der Waals surface area contributed by atoms with Crippen LogP contribution < -0.4 is 5.32 Å². The Kier molecular flexibility index (Phi) is 4.01. The first-order chi connectivity index (χ1) is 6.36. The number of rotatable bonds is 1. The molecule has 3 heteroatoms. The Labute approximate surface area is 95.6 Å². The molecule has 1 aliphatic heterocycles. The molecule has 0 saturated carbocycles. The van der Waals surface area contributed by atoms with Crippen LogP contribution in [-0.2, 0) is 0 Å². The van der Waals surface area contributed by atoms with Gasteiger partial charge in [-0.25, -0.2) is 0 Å². The van der Waals surface area contributed by atoms with Crippen LogP contribution in [-0.4, -0.2) is 28.6 Å². The van der Waals surface area contributed by atoms with E-state index in [4.69, 9.17) is 0 Å². The van der Waals surface area contributed by atoms with Crippen molar-refractivity contribution >= 4 is 15.9 Å². The molecule has 4 unspecified atom stereocenters. The van der Waals surface area contributed by atoms with E-state index in [2.05, 4.69) is 48.9 Å². The molecule has 14 heavy (non-hydrogen) atoms. The van der Waals surface area contributed by atoms with Crippen LogP contribution in [0.2, 0.25) is 0 Å². The number of piperidine rings is 1. The van der Waals surface area contributed by atoms with Crippen molar-refractivity contribution in [2.75, 3.05) is 5.33 Å². The van der Waals surface area contributed by atoms with E-state index in [1.807, 2.05) is 0 Å². The third-order valence-corrected chi connectivity index (χ3v) is 3.91. The molecular formula is C11H22BrNO. The molecule has 2 nitrogen and oxygen atoms in total. The molecule has 1 aliphatic rings. The number of hydrogen-bond donors (Lipinski definition) is 2. The Morgan fingerprint density at radius 1 is 1.43 bits per heavy atom. The van der Waals surface area contributed by atoms with Crippen molar-refractivity contribution in [2.24, 2.45) is 11.3 Å². The quantitative estimate of drug-likeness (QED) is 0.711. The Hall–Kier alpha value is 0.400. The van der Waals surface area contributed by atoms with Gasteiger partial charge >= 0.3 is 0 Å². The smallest absolute Gasteiger partial charge is 0.0735 e. The molecule has 1 heterocycles. The van der Waals surface area contributed by atoms with E-state index < -0.39 is 0 Å². The van der Waals surface area contributed by atoms with Crippen LogP contribution in [0.15, 0.2) is 0 Å². The second-order valence-corrected chi connectivity index (χ2v) is 6.20. The van der Waals surface area contributed by atoms with Crippen molar-refractivity contribution in [3.05, 3.63) is 0 Å². The first kappa shape index (κ1) is 12.5. The summed E-state index contributed by atoms with van der Waals surface area (Å²) in [5.41, 5.74) is 0.120. The number of nitrogens with one attached hydrogen (secondary N) is 1. The molecule has 1 saturated heterocycles. The zero-order valence-corrected chi connectivity index (χ0v) is 11.1. The van der Waals surface area contributed by atoms with Gasteiger partial charge in [-0.1, -0.05) is 36.7 Å². The zero-order valence-electron chi connectivity index (χ0n) is 9.55. The van der Waals surface area contributed by atoms with E-state index in [1.165, 1.54) is 0 Å². The van der Waals surface area contributed by atoms with Crippen molar-refractivity contribution in [1.82, 2.24) is 5.32 Å². The van der Waals surface area contributed by atoms with E-state index in [0.717, 1.165) is 11.8 Å². The zero-order chi connectivity index (χ0) is 10.9. The van der Waals surface area contributed by atoms with Gasteiger partial charge in [0.2, 0.25) is 0 Å². The Balaban J connectivity index is 2.75. The van der Waals surface area contributed by atoms with Crippen molar-refractivity contribution in [1.29, 1.82) is 0 Å². The van der Waals surface area contributed by atoms with Crippen molar-refractivity contribution in [3.8, 4) is 0 Å². The lowest BCUT2D eigenvalue weighted by atomic mass is 9.75. The molecule has 1 rings (SSSR count). The van der Waals surface area contributed by atoms with E-state index >= 15 is 0 Å². The summed E-state index contributed by atoms with van der Waals surface area (Å²) < 4.78 is 0. The number of aliphatic hydroxyl groups is 1. The minimum absolute atomic E-state index is 0.120. The summed E-state index contributed by atoms with van der Waals surface area (Å²) in [5, 5.41) is 14.6. The largest absolute Gasteiger partial charge is 0.391 e. The Morgan fingerprint density at radius 3 is 2.43 bits per heavy atom. The predicted molar refractivity (Wildman–Crippen MR) is 63.7 cm³/mol. The lowest BCUT2D eigenvalue weighted by Gasteiger charge is -2.45. The van der Waals surface area contributed by atoms with Gasteiger partial charge in [0.25, 0.3) is 0 Å². The summed E-state index contributed by atoms with van der Waals surface area (Å²) in [4.78, 5) is 0. The fourth-order valence-corrected chi connectivity index (χ4v) is 2.90. The summed E-state index contributed by atoms with van der Waals surface area (Å²) in [6.45, 7) is 8.73. The third-order valence-electron chi connectivity index (χ3n) is 3.08. The second kappa shape index (κ2) is 4.50. The van der Waals surface area contributed by atoms with Gasteiger partial charge in [0, 0.05) is 17.4 Å². The molecule has 0 aromatic rings. The first-order valence-electron chi connectivity index (χ1n) is 5.36. The topological polar surface area (TPSA) is 32.3 Å². The highest BCUT2D eigenvalue weighted by Gasteiger charge is 2.40. The van der Waals surface area contributed by atoms with Gasteiger partial charge in [0.05, 0.1) is 6.10 Å². The molecule has 4 atom stereocenters. The SMILES string of the molecule is CC1CC(CBr)C(O)C(C(C)(C)C)N1. The van der Waals surface area contributed by atoms with E-state index in [9.17, 15) is 5.11 Å². The van der Waals surface area contributed by atoms with Crippen molar-refractivity contribution < 1.29 is 5.11 Å². The lowest BCUT2D eigenvalue weighted by Crippen LogP contribution is -2.59. The standard InChI is InChI=1S/C11H22BrNO/c1-7-5-8(6-12)9(14)10(13-7)11(2,3)4/h7-10,13-14H,5-6H2,1-4H3. The highest BCUT2D eigenvalue weighted by Crippen LogP contribution is 2.32. The molecule has 0 amide bonds. The summed E-state index contributed by atoms with van der Waals surface area (Å²) in [6.07, 6.45) is 0.824. The number of alkyl halides is 1. The number of halogens is 1. The van der Waals surface area contributed by atoms with Gasteiger partial charge in [-0.2, -0.15) is 0 Å². The minimum atomic E-state index is -0.231. The fraction of sp³-hybridized carbons (Fsp3) is 1.00. The molecule has 0 aromatic heterocycles.